The molecule has 5 heteroatoms. The SMILES string of the molecule is O=C(O)c1cnoc1-c1cccc(Br)c1. The van der Waals surface area contributed by atoms with E-state index in [0.717, 1.165) is 4.47 Å². The fourth-order valence-corrected chi connectivity index (χ4v) is 1.63. The lowest BCUT2D eigenvalue weighted by atomic mass is 10.1. The van der Waals surface area contributed by atoms with Crippen LogP contribution in [0.1, 0.15) is 10.4 Å². The number of benzene rings is 1. The van der Waals surface area contributed by atoms with Crippen molar-refractivity contribution < 1.29 is 14.4 Å². The van der Waals surface area contributed by atoms with E-state index in [-0.39, 0.29) is 11.3 Å². The van der Waals surface area contributed by atoms with Gasteiger partial charge in [0.1, 0.15) is 5.56 Å². The van der Waals surface area contributed by atoms with Crippen LogP contribution < -0.4 is 0 Å². The number of hydrogen-bond acceptors (Lipinski definition) is 3. The van der Waals surface area contributed by atoms with Crippen LogP contribution in [0.15, 0.2) is 39.5 Å². The molecule has 0 saturated carbocycles. The van der Waals surface area contributed by atoms with Gasteiger partial charge in [-0.3, -0.25) is 0 Å². The molecule has 1 N–H and O–H groups in total. The minimum absolute atomic E-state index is 0.0631. The molecule has 0 bridgehead atoms. The number of hydrogen-bond donors (Lipinski definition) is 1. The monoisotopic (exact) mass is 267 g/mol. The molecule has 1 heterocycles. The first kappa shape index (κ1) is 9.92. The topological polar surface area (TPSA) is 63.3 Å². The molecule has 2 rings (SSSR count). The molecular formula is C10H6BrNO3. The van der Waals surface area contributed by atoms with Crippen LogP contribution in [0.25, 0.3) is 11.3 Å². The van der Waals surface area contributed by atoms with Gasteiger partial charge in [0.15, 0.2) is 5.76 Å². The number of carboxylic acids is 1. The molecular weight excluding hydrogens is 262 g/mol. The van der Waals surface area contributed by atoms with Gasteiger partial charge in [-0.05, 0) is 12.1 Å². The van der Waals surface area contributed by atoms with E-state index >= 15 is 0 Å². The van der Waals surface area contributed by atoms with Crippen molar-refractivity contribution in [1.82, 2.24) is 5.16 Å². The fourth-order valence-electron chi connectivity index (χ4n) is 1.23. The molecule has 0 radical (unpaired) electrons. The van der Waals surface area contributed by atoms with Crippen LogP contribution in [-0.2, 0) is 0 Å². The van der Waals surface area contributed by atoms with Crippen molar-refractivity contribution >= 4 is 21.9 Å². The first-order valence-electron chi connectivity index (χ1n) is 4.12. The largest absolute Gasteiger partial charge is 0.477 e. The highest BCUT2D eigenvalue weighted by Crippen LogP contribution is 2.25. The van der Waals surface area contributed by atoms with E-state index in [1.165, 1.54) is 6.20 Å². The first-order chi connectivity index (χ1) is 7.18. The van der Waals surface area contributed by atoms with Crippen LogP contribution in [0, 0.1) is 0 Å². The van der Waals surface area contributed by atoms with Crippen molar-refractivity contribution in [3.8, 4) is 11.3 Å². The van der Waals surface area contributed by atoms with Crippen LogP contribution >= 0.6 is 15.9 Å². The van der Waals surface area contributed by atoms with E-state index in [0.29, 0.717) is 5.56 Å². The highest BCUT2D eigenvalue weighted by atomic mass is 79.9. The summed E-state index contributed by atoms with van der Waals surface area (Å²) in [5.41, 5.74) is 0.743. The molecule has 0 fully saturated rings. The Labute approximate surface area is 93.6 Å². The Balaban J connectivity index is 2.54. The van der Waals surface area contributed by atoms with Gasteiger partial charge >= 0.3 is 5.97 Å². The van der Waals surface area contributed by atoms with E-state index in [4.69, 9.17) is 9.63 Å². The second-order valence-electron chi connectivity index (χ2n) is 2.88. The zero-order valence-corrected chi connectivity index (χ0v) is 9.06. The molecule has 0 aliphatic heterocycles. The average Bonchev–Trinajstić information content (AvgIpc) is 2.65. The standard InChI is InChI=1S/C10H6BrNO3/c11-7-3-1-2-6(4-7)9-8(10(13)14)5-12-15-9/h1-5H,(H,13,14). The van der Waals surface area contributed by atoms with E-state index < -0.39 is 5.97 Å². The Morgan fingerprint density at radius 1 is 1.47 bits per heavy atom. The third kappa shape index (κ3) is 1.92. The van der Waals surface area contributed by atoms with E-state index in [9.17, 15) is 4.79 Å². The third-order valence-corrected chi connectivity index (χ3v) is 2.38. The maximum absolute atomic E-state index is 10.8. The van der Waals surface area contributed by atoms with Gasteiger partial charge in [0.25, 0.3) is 0 Å². The summed E-state index contributed by atoms with van der Waals surface area (Å²) in [7, 11) is 0. The summed E-state index contributed by atoms with van der Waals surface area (Å²) in [6.07, 6.45) is 1.19. The Morgan fingerprint density at radius 3 is 2.93 bits per heavy atom. The highest BCUT2D eigenvalue weighted by molar-refractivity contribution is 9.10. The lowest BCUT2D eigenvalue weighted by Gasteiger charge is -1.97. The van der Waals surface area contributed by atoms with Gasteiger partial charge < -0.3 is 9.63 Å². The molecule has 0 amide bonds. The van der Waals surface area contributed by atoms with Gasteiger partial charge in [-0.2, -0.15) is 0 Å². The van der Waals surface area contributed by atoms with E-state index in [1.54, 1.807) is 18.2 Å². The van der Waals surface area contributed by atoms with Crippen LogP contribution in [-0.4, -0.2) is 16.2 Å². The quantitative estimate of drug-likeness (QED) is 0.909. The van der Waals surface area contributed by atoms with Crippen LogP contribution in [0.4, 0.5) is 0 Å². The predicted molar refractivity (Wildman–Crippen MR) is 56.6 cm³/mol. The van der Waals surface area contributed by atoms with Gasteiger partial charge in [-0.15, -0.1) is 0 Å². The fraction of sp³-hybridized carbons (Fsp3) is 0. The van der Waals surface area contributed by atoms with Crippen molar-refractivity contribution in [3.05, 3.63) is 40.5 Å². The van der Waals surface area contributed by atoms with Crippen molar-refractivity contribution in [2.75, 3.05) is 0 Å². The smallest absolute Gasteiger partial charge is 0.341 e. The molecule has 1 aromatic carbocycles. The molecule has 4 nitrogen and oxygen atoms in total. The van der Waals surface area contributed by atoms with Crippen molar-refractivity contribution in [2.24, 2.45) is 0 Å². The number of carboxylic acid groups (broad SMARTS) is 1. The minimum Gasteiger partial charge on any atom is -0.477 e. The van der Waals surface area contributed by atoms with Crippen molar-refractivity contribution in [1.29, 1.82) is 0 Å². The normalized spacial score (nSPS) is 10.2. The zero-order chi connectivity index (χ0) is 10.8. The van der Waals surface area contributed by atoms with Crippen molar-refractivity contribution in [3.63, 3.8) is 0 Å². The Bertz CT molecular complexity index is 507. The number of rotatable bonds is 2. The molecule has 15 heavy (non-hydrogen) atoms. The van der Waals surface area contributed by atoms with Crippen LogP contribution in [0.2, 0.25) is 0 Å². The van der Waals surface area contributed by atoms with Gasteiger partial charge in [-0.25, -0.2) is 4.79 Å². The van der Waals surface area contributed by atoms with Gasteiger partial charge in [0, 0.05) is 10.0 Å². The molecule has 0 atom stereocenters. The molecule has 0 aliphatic carbocycles. The first-order valence-corrected chi connectivity index (χ1v) is 4.91. The summed E-state index contributed by atoms with van der Waals surface area (Å²) in [5.74, 6) is -0.782. The molecule has 0 saturated heterocycles. The van der Waals surface area contributed by atoms with Gasteiger partial charge in [-0.1, -0.05) is 33.2 Å². The summed E-state index contributed by atoms with van der Waals surface area (Å²) in [6.45, 7) is 0. The summed E-state index contributed by atoms with van der Waals surface area (Å²) in [6, 6.07) is 7.18. The number of halogens is 1. The number of aromatic carboxylic acids is 1. The Morgan fingerprint density at radius 2 is 2.27 bits per heavy atom. The highest BCUT2D eigenvalue weighted by Gasteiger charge is 2.16. The predicted octanol–water partition coefficient (Wildman–Crippen LogP) is 2.80. The third-order valence-electron chi connectivity index (χ3n) is 1.89. The molecule has 0 aliphatic rings. The van der Waals surface area contributed by atoms with Gasteiger partial charge in [0.05, 0.1) is 6.20 Å². The minimum atomic E-state index is -1.05. The number of aromatic nitrogens is 1. The second kappa shape index (κ2) is 3.86. The lowest BCUT2D eigenvalue weighted by Crippen LogP contribution is -1.95. The van der Waals surface area contributed by atoms with Crippen LogP contribution in [0.5, 0.6) is 0 Å². The molecule has 1 aromatic heterocycles. The Kier molecular flexibility index (Phi) is 2.55. The molecule has 76 valence electrons. The lowest BCUT2D eigenvalue weighted by molar-refractivity contribution is 0.0697. The zero-order valence-electron chi connectivity index (χ0n) is 7.48. The maximum atomic E-state index is 10.8. The summed E-state index contributed by atoms with van der Waals surface area (Å²) >= 11 is 3.30. The molecule has 0 unspecified atom stereocenters. The number of nitrogens with zero attached hydrogens (tertiary/aromatic N) is 1. The maximum Gasteiger partial charge on any atom is 0.341 e. The van der Waals surface area contributed by atoms with Crippen molar-refractivity contribution in [2.45, 2.75) is 0 Å². The molecule has 0 spiro atoms. The Hall–Kier alpha value is -1.62. The van der Waals surface area contributed by atoms with Crippen LogP contribution in [0.3, 0.4) is 0 Å². The van der Waals surface area contributed by atoms with Gasteiger partial charge in [0.2, 0.25) is 0 Å². The summed E-state index contributed by atoms with van der Waals surface area (Å²) < 4.78 is 5.77. The second-order valence-corrected chi connectivity index (χ2v) is 3.80. The summed E-state index contributed by atoms with van der Waals surface area (Å²) in [5, 5.41) is 12.4. The van der Waals surface area contributed by atoms with E-state index in [2.05, 4.69) is 21.1 Å². The number of carbonyl (C=O) groups is 1. The molecule has 2 aromatic rings. The van der Waals surface area contributed by atoms with E-state index in [1.807, 2.05) is 6.07 Å². The average molecular weight is 268 g/mol. The summed E-state index contributed by atoms with van der Waals surface area (Å²) in [4.78, 5) is 10.8.